The SMILES string of the molecule is CCC(C(=O)O)N(C)C(=O)NCCN(CC)C1CC1. The molecule has 0 aromatic rings. The van der Waals surface area contributed by atoms with Crippen LogP contribution in [0.15, 0.2) is 0 Å². The fourth-order valence-electron chi connectivity index (χ4n) is 2.23. The third kappa shape index (κ3) is 4.70. The minimum Gasteiger partial charge on any atom is -0.480 e. The molecule has 1 aliphatic carbocycles. The zero-order valence-corrected chi connectivity index (χ0v) is 12.1. The summed E-state index contributed by atoms with van der Waals surface area (Å²) in [5.41, 5.74) is 0. The van der Waals surface area contributed by atoms with Gasteiger partial charge >= 0.3 is 12.0 Å². The van der Waals surface area contributed by atoms with Crippen molar-refractivity contribution in [2.45, 2.75) is 45.2 Å². The Morgan fingerprint density at radius 2 is 2.00 bits per heavy atom. The van der Waals surface area contributed by atoms with Crippen LogP contribution in [0.4, 0.5) is 4.79 Å². The zero-order chi connectivity index (χ0) is 14.4. The second-order valence-corrected chi connectivity index (χ2v) is 4.96. The number of rotatable bonds is 8. The number of carboxylic acids is 1. The molecule has 0 aromatic heterocycles. The van der Waals surface area contributed by atoms with Gasteiger partial charge in [0.2, 0.25) is 0 Å². The van der Waals surface area contributed by atoms with Crippen LogP contribution in [-0.4, -0.2) is 65.7 Å². The monoisotopic (exact) mass is 271 g/mol. The Labute approximate surface area is 114 Å². The lowest BCUT2D eigenvalue weighted by molar-refractivity contribution is -0.141. The standard InChI is InChI=1S/C13H25N3O3/c1-4-11(12(17)18)15(3)13(19)14-8-9-16(5-2)10-6-7-10/h10-11H,4-9H2,1-3H3,(H,14,19)(H,17,18). The lowest BCUT2D eigenvalue weighted by atomic mass is 10.2. The fraction of sp³-hybridized carbons (Fsp3) is 0.846. The first-order valence-electron chi connectivity index (χ1n) is 6.98. The maximum absolute atomic E-state index is 11.8. The van der Waals surface area contributed by atoms with Gasteiger partial charge in [-0.1, -0.05) is 13.8 Å². The molecular formula is C13H25N3O3. The van der Waals surface area contributed by atoms with Crippen LogP contribution < -0.4 is 5.32 Å². The van der Waals surface area contributed by atoms with Crippen LogP contribution in [0.1, 0.15) is 33.1 Å². The average molecular weight is 271 g/mol. The number of aliphatic carboxylic acids is 1. The smallest absolute Gasteiger partial charge is 0.326 e. The van der Waals surface area contributed by atoms with Gasteiger partial charge in [-0.25, -0.2) is 9.59 Å². The second kappa shape index (κ2) is 7.33. The molecule has 1 saturated carbocycles. The summed E-state index contributed by atoms with van der Waals surface area (Å²) in [6, 6.07) is -0.395. The van der Waals surface area contributed by atoms with Gasteiger partial charge in [-0.15, -0.1) is 0 Å². The van der Waals surface area contributed by atoms with E-state index in [1.807, 2.05) is 0 Å². The predicted molar refractivity (Wildman–Crippen MR) is 73.1 cm³/mol. The second-order valence-electron chi connectivity index (χ2n) is 4.96. The molecule has 0 spiro atoms. The molecule has 1 atom stereocenters. The van der Waals surface area contributed by atoms with Crippen molar-refractivity contribution < 1.29 is 14.7 Å². The summed E-state index contributed by atoms with van der Waals surface area (Å²) in [5.74, 6) is -0.965. The number of hydrogen-bond donors (Lipinski definition) is 2. The highest BCUT2D eigenvalue weighted by Crippen LogP contribution is 2.25. The van der Waals surface area contributed by atoms with Gasteiger partial charge < -0.3 is 15.3 Å². The maximum Gasteiger partial charge on any atom is 0.326 e. The molecule has 0 bridgehead atoms. The molecule has 0 aromatic carbocycles. The highest BCUT2D eigenvalue weighted by Gasteiger charge is 2.28. The van der Waals surface area contributed by atoms with Gasteiger partial charge in [-0.05, 0) is 25.8 Å². The van der Waals surface area contributed by atoms with E-state index in [2.05, 4.69) is 17.1 Å². The Hall–Kier alpha value is -1.30. The molecular weight excluding hydrogens is 246 g/mol. The van der Waals surface area contributed by atoms with Crippen LogP contribution in [0.3, 0.4) is 0 Å². The molecule has 1 fully saturated rings. The van der Waals surface area contributed by atoms with Crippen molar-refractivity contribution >= 4 is 12.0 Å². The molecule has 2 N–H and O–H groups in total. The normalized spacial score (nSPS) is 16.2. The van der Waals surface area contributed by atoms with E-state index in [0.717, 1.165) is 13.1 Å². The van der Waals surface area contributed by atoms with Gasteiger partial charge in [0.05, 0.1) is 0 Å². The Kier molecular flexibility index (Phi) is 6.08. The minimum absolute atomic E-state index is 0.318. The number of carbonyl (C=O) groups excluding carboxylic acids is 1. The van der Waals surface area contributed by atoms with Gasteiger partial charge in [0, 0.05) is 26.2 Å². The fourth-order valence-corrected chi connectivity index (χ4v) is 2.23. The molecule has 0 radical (unpaired) electrons. The van der Waals surface area contributed by atoms with Crippen LogP contribution in [0.5, 0.6) is 0 Å². The van der Waals surface area contributed by atoms with E-state index in [9.17, 15) is 9.59 Å². The molecule has 1 aliphatic rings. The third-order valence-electron chi connectivity index (χ3n) is 3.60. The van der Waals surface area contributed by atoms with Gasteiger partial charge in [0.1, 0.15) is 6.04 Å². The van der Waals surface area contributed by atoms with Crippen LogP contribution in [0.25, 0.3) is 0 Å². The summed E-state index contributed by atoms with van der Waals surface area (Å²) < 4.78 is 0. The van der Waals surface area contributed by atoms with Crippen LogP contribution in [0, 0.1) is 0 Å². The summed E-state index contributed by atoms with van der Waals surface area (Å²) in [5, 5.41) is 11.8. The number of nitrogens with zero attached hydrogens (tertiary/aromatic N) is 2. The van der Waals surface area contributed by atoms with E-state index in [1.165, 1.54) is 24.8 Å². The van der Waals surface area contributed by atoms with Crippen molar-refractivity contribution in [1.82, 2.24) is 15.1 Å². The van der Waals surface area contributed by atoms with Gasteiger partial charge in [-0.2, -0.15) is 0 Å². The topological polar surface area (TPSA) is 72.9 Å². The van der Waals surface area contributed by atoms with Crippen molar-refractivity contribution in [3.63, 3.8) is 0 Å². The quantitative estimate of drug-likeness (QED) is 0.690. The third-order valence-corrected chi connectivity index (χ3v) is 3.60. The number of nitrogens with one attached hydrogen (secondary N) is 1. The molecule has 110 valence electrons. The average Bonchev–Trinajstić information content (AvgIpc) is 3.18. The van der Waals surface area contributed by atoms with Gasteiger partial charge in [0.25, 0.3) is 0 Å². The highest BCUT2D eigenvalue weighted by molar-refractivity contribution is 5.82. The number of amides is 2. The first-order valence-corrected chi connectivity index (χ1v) is 6.98. The van der Waals surface area contributed by atoms with E-state index in [1.54, 1.807) is 6.92 Å². The molecule has 0 saturated heterocycles. The molecule has 2 amide bonds. The molecule has 0 heterocycles. The summed E-state index contributed by atoms with van der Waals surface area (Å²) in [6.45, 7) is 6.25. The lowest BCUT2D eigenvalue weighted by Gasteiger charge is -2.25. The van der Waals surface area contributed by atoms with Crippen LogP contribution >= 0.6 is 0 Å². The molecule has 1 unspecified atom stereocenters. The molecule has 1 rings (SSSR count). The van der Waals surface area contributed by atoms with E-state index in [4.69, 9.17) is 5.11 Å². The predicted octanol–water partition coefficient (Wildman–Crippen LogP) is 0.975. The summed E-state index contributed by atoms with van der Waals surface area (Å²) in [4.78, 5) is 26.4. The largest absolute Gasteiger partial charge is 0.480 e. The first kappa shape index (κ1) is 15.8. The Morgan fingerprint density at radius 3 is 2.42 bits per heavy atom. The number of carbonyl (C=O) groups is 2. The van der Waals surface area contributed by atoms with Crippen LogP contribution in [0.2, 0.25) is 0 Å². The van der Waals surface area contributed by atoms with Crippen molar-refractivity contribution in [2.75, 3.05) is 26.7 Å². The van der Waals surface area contributed by atoms with Crippen molar-refractivity contribution in [3.05, 3.63) is 0 Å². The van der Waals surface area contributed by atoms with E-state index < -0.39 is 12.0 Å². The molecule has 6 nitrogen and oxygen atoms in total. The van der Waals surface area contributed by atoms with E-state index in [-0.39, 0.29) is 6.03 Å². The van der Waals surface area contributed by atoms with Crippen molar-refractivity contribution in [3.8, 4) is 0 Å². The highest BCUT2D eigenvalue weighted by atomic mass is 16.4. The molecule has 0 aliphatic heterocycles. The zero-order valence-electron chi connectivity index (χ0n) is 12.1. The Morgan fingerprint density at radius 1 is 1.37 bits per heavy atom. The van der Waals surface area contributed by atoms with Crippen LogP contribution in [-0.2, 0) is 4.79 Å². The summed E-state index contributed by atoms with van der Waals surface area (Å²) >= 11 is 0. The van der Waals surface area contributed by atoms with E-state index >= 15 is 0 Å². The number of likely N-dealkylation sites (N-methyl/N-ethyl adjacent to an activating group) is 2. The summed E-state index contributed by atoms with van der Waals surface area (Å²) in [7, 11) is 1.52. The van der Waals surface area contributed by atoms with Gasteiger partial charge in [-0.3, -0.25) is 4.90 Å². The molecule has 19 heavy (non-hydrogen) atoms. The van der Waals surface area contributed by atoms with E-state index in [0.29, 0.717) is 19.0 Å². The molecule has 6 heteroatoms. The Balaban J connectivity index is 2.31. The lowest BCUT2D eigenvalue weighted by Crippen LogP contribution is -2.48. The number of hydrogen-bond acceptors (Lipinski definition) is 3. The first-order chi connectivity index (χ1) is 9.01. The van der Waals surface area contributed by atoms with Crippen molar-refractivity contribution in [2.24, 2.45) is 0 Å². The maximum atomic E-state index is 11.8. The minimum atomic E-state index is -0.965. The summed E-state index contributed by atoms with van der Waals surface area (Å²) in [6.07, 6.45) is 2.90. The number of carboxylic acid groups (broad SMARTS) is 1. The Bertz CT molecular complexity index is 318. The van der Waals surface area contributed by atoms with Crippen molar-refractivity contribution in [1.29, 1.82) is 0 Å². The van der Waals surface area contributed by atoms with Gasteiger partial charge in [0.15, 0.2) is 0 Å². The number of urea groups is 1.